The number of pyridine rings is 2. The summed E-state index contributed by atoms with van der Waals surface area (Å²) in [6, 6.07) is 6.61. The zero-order valence-electron chi connectivity index (χ0n) is 13.3. The summed E-state index contributed by atoms with van der Waals surface area (Å²) in [5, 5.41) is 7.03. The summed E-state index contributed by atoms with van der Waals surface area (Å²) >= 11 is 5.68. The van der Waals surface area contributed by atoms with E-state index in [9.17, 15) is 18.0 Å². The number of carbonyl (C=O) groups excluding carboxylic acids is 1. The molecular weight excluding hydrogens is 371 g/mol. The van der Waals surface area contributed by atoms with Crippen molar-refractivity contribution in [2.75, 3.05) is 5.32 Å². The summed E-state index contributed by atoms with van der Waals surface area (Å²) in [6.07, 6.45) is -2.47. The Labute approximate surface area is 150 Å². The molecule has 0 radical (unpaired) electrons. The number of carbonyl (C=O) groups is 1. The monoisotopic (exact) mass is 381 g/mol. The van der Waals surface area contributed by atoms with Gasteiger partial charge in [0.25, 0.3) is 5.91 Å². The van der Waals surface area contributed by atoms with Crippen LogP contribution in [0, 0.1) is 6.92 Å². The van der Waals surface area contributed by atoms with Gasteiger partial charge in [0.05, 0.1) is 16.8 Å². The van der Waals surface area contributed by atoms with Crippen molar-refractivity contribution >= 4 is 23.3 Å². The zero-order valence-corrected chi connectivity index (χ0v) is 14.0. The minimum absolute atomic E-state index is 0.135. The van der Waals surface area contributed by atoms with Crippen LogP contribution in [0.15, 0.2) is 42.7 Å². The van der Waals surface area contributed by atoms with E-state index in [0.29, 0.717) is 11.9 Å². The Hall–Kier alpha value is -2.94. The molecule has 0 bridgehead atoms. The highest BCUT2D eigenvalue weighted by Crippen LogP contribution is 2.29. The molecule has 3 aromatic rings. The van der Waals surface area contributed by atoms with Crippen molar-refractivity contribution in [3.05, 3.63) is 64.7 Å². The summed E-state index contributed by atoms with van der Waals surface area (Å²) in [5.74, 6) is -0.0763. The molecule has 134 valence electrons. The van der Waals surface area contributed by atoms with Crippen LogP contribution in [0.2, 0.25) is 5.15 Å². The Balaban J connectivity index is 1.88. The van der Waals surface area contributed by atoms with E-state index < -0.39 is 17.6 Å². The molecule has 0 atom stereocenters. The fourth-order valence-corrected chi connectivity index (χ4v) is 2.25. The molecule has 3 heterocycles. The molecule has 0 aliphatic heterocycles. The summed E-state index contributed by atoms with van der Waals surface area (Å²) in [6.45, 7) is 1.68. The second kappa shape index (κ2) is 6.75. The lowest BCUT2D eigenvalue weighted by Gasteiger charge is -2.10. The number of hydrogen-bond donors (Lipinski definition) is 1. The maximum Gasteiger partial charge on any atom is 0.417 e. The molecule has 10 heteroatoms. The number of nitrogens with one attached hydrogen (secondary N) is 1. The predicted octanol–water partition coefficient (Wildman–Crippen LogP) is 3.90. The molecule has 1 N–H and O–H groups in total. The van der Waals surface area contributed by atoms with Crippen LogP contribution in [0.5, 0.6) is 0 Å². The Morgan fingerprint density at radius 1 is 1.15 bits per heavy atom. The first-order valence-corrected chi connectivity index (χ1v) is 7.65. The number of rotatable bonds is 3. The molecule has 1 amide bonds. The minimum atomic E-state index is -4.48. The van der Waals surface area contributed by atoms with Gasteiger partial charge in [0.15, 0.2) is 5.82 Å². The Bertz CT molecular complexity index is 936. The fourth-order valence-electron chi connectivity index (χ4n) is 2.14. The third-order valence-corrected chi connectivity index (χ3v) is 3.58. The van der Waals surface area contributed by atoms with E-state index in [2.05, 4.69) is 20.4 Å². The van der Waals surface area contributed by atoms with Crippen LogP contribution in [0.3, 0.4) is 0 Å². The SMILES string of the molecule is Cc1cc(NC(=O)c2ccc(Cl)nc2)n(-c2ccc(C(F)(F)F)cn2)n1. The highest BCUT2D eigenvalue weighted by Gasteiger charge is 2.30. The fraction of sp³-hybridized carbons (Fsp3) is 0.125. The van der Waals surface area contributed by atoms with Gasteiger partial charge in [-0.25, -0.2) is 9.97 Å². The van der Waals surface area contributed by atoms with Crippen LogP contribution in [-0.2, 0) is 6.18 Å². The van der Waals surface area contributed by atoms with Gasteiger partial charge in [-0.05, 0) is 31.2 Å². The average Bonchev–Trinajstić information content (AvgIpc) is 2.95. The van der Waals surface area contributed by atoms with E-state index in [-0.39, 0.29) is 22.4 Å². The summed E-state index contributed by atoms with van der Waals surface area (Å²) < 4.78 is 39.2. The second-order valence-corrected chi connectivity index (χ2v) is 5.70. The minimum Gasteiger partial charge on any atom is -0.306 e. The van der Waals surface area contributed by atoms with E-state index in [1.807, 2.05) is 0 Å². The normalized spacial score (nSPS) is 11.4. The first-order valence-electron chi connectivity index (χ1n) is 7.27. The number of hydrogen-bond acceptors (Lipinski definition) is 4. The molecule has 26 heavy (non-hydrogen) atoms. The lowest BCUT2D eigenvalue weighted by atomic mass is 10.2. The summed E-state index contributed by atoms with van der Waals surface area (Å²) in [5.41, 5.74) is -0.0561. The van der Waals surface area contributed by atoms with Gasteiger partial charge < -0.3 is 5.32 Å². The number of aromatic nitrogens is 4. The van der Waals surface area contributed by atoms with Gasteiger partial charge in [0.2, 0.25) is 0 Å². The second-order valence-electron chi connectivity index (χ2n) is 5.31. The van der Waals surface area contributed by atoms with E-state index >= 15 is 0 Å². The van der Waals surface area contributed by atoms with Crippen molar-refractivity contribution in [1.29, 1.82) is 0 Å². The van der Waals surface area contributed by atoms with Gasteiger partial charge in [-0.3, -0.25) is 4.79 Å². The van der Waals surface area contributed by atoms with Gasteiger partial charge in [-0.2, -0.15) is 23.0 Å². The maximum absolute atomic E-state index is 12.7. The van der Waals surface area contributed by atoms with Crippen molar-refractivity contribution in [3.63, 3.8) is 0 Å². The van der Waals surface area contributed by atoms with Crippen LogP contribution in [0.1, 0.15) is 21.6 Å². The molecule has 0 saturated heterocycles. The molecule has 0 aliphatic carbocycles. The molecule has 0 spiro atoms. The average molecular weight is 382 g/mol. The van der Waals surface area contributed by atoms with Crippen molar-refractivity contribution in [3.8, 4) is 5.82 Å². The molecule has 0 aromatic carbocycles. The number of nitrogens with zero attached hydrogens (tertiary/aromatic N) is 4. The van der Waals surface area contributed by atoms with E-state index in [1.54, 1.807) is 13.0 Å². The lowest BCUT2D eigenvalue weighted by Crippen LogP contribution is -2.16. The molecule has 0 unspecified atom stereocenters. The van der Waals surface area contributed by atoms with Gasteiger partial charge in [-0.15, -0.1) is 0 Å². The Morgan fingerprint density at radius 3 is 2.50 bits per heavy atom. The number of amides is 1. The third-order valence-electron chi connectivity index (χ3n) is 3.35. The van der Waals surface area contributed by atoms with Crippen LogP contribution < -0.4 is 5.32 Å². The number of alkyl halides is 3. The van der Waals surface area contributed by atoms with Crippen molar-refractivity contribution in [1.82, 2.24) is 19.7 Å². The first-order chi connectivity index (χ1) is 12.2. The van der Waals surface area contributed by atoms with E-state index in [1.165, 1.54) is 29.1 Å². The van der Waals surface area contributed by atoms with Gasteiger partial charge >= 0.3 is 6.18 Å². The van der Waals surface area contributed by atoms with Gasteiger partial charge in [0.1, 0.15) is 11.0 Å². The molecular formula is C16H11ClF3N5O. The van der Waals surface area contributed by atoms with Crippen molar-refractivity contribution < 1.29 is 18.0 Å². The largest absolute Gasteiger partial charge is 0.417 e. The zero-order chi connectivity index (χ0) is 18.9. The van der Waals surface area contributed by atoms with Crippen molar-refractivity contribution in [2.45, 2.75) is 13.1 Å². The smallest absolute Gasteiger partial charge is 0.306 e. The van der Waals surface area contributed by atoms with Crippen LogP contribution in [0.4, 0.5) is 19.0 Å². The summed E-state index contributed by atoms with van der Waals surface area (Å²) in [7, 11) is 0. The molecule has 0 saturated carbocycles. The molecule has 0 fully saturated rings. The molecule has 3 rings (SSSR count). The molecule has 6 nitrogen and oxygen atoms in total. The highest BCUT2D eigenvalue weighted by atomic mass is 35.5. The highest BCUT2D eigenvalue weighted by molar-refractivity contribution is 6.29. The predicted molar refractivity (Wildman–Crippen MR) is 88.3 cm³/mol. The van der Waals surface area contributed by atoms with E-state index in [4.69, 9.17) is 11.6 Å². The third kappa shape index (κ3) is 3.83. The lowest BCUT2D eigenvalue weighted by molar-refractivity contribution is -0.137. The van der Waals surface area contributed by atoms with Gasteiger partial charge in [0, 0.05) is 18.5 Å². The van der Waals surface area contributed by atoms with Crippen LogP contribution in [0.25, 0.3) is 5.82 Å². The standard InChI is InChI=1S/C16H11ClF3N5O/c1-9-6-14(23-15(26)10-2-4-12(17)21-7-10)25(24-9)13-5-3-11(8-22-13)16(18,19)20/h2-8H,1H3,(H,23,26). The van der Waals surface area contributed by atoms with E-state index in [0.717, 1.165) is 6.07 Å². The summed E-state index contributed by atoms with van der Waals surface area (Å²) in [4.78, 5) is 19.9. The van der Waals surface area contributed by atoms with Crippen LogP contribution in [-0.4, -0.2) is 25.7 Å². The maximum atomic E-state index is 12.7. The van der Waals surface area contributed by atoms with Gasteiger partial charge in [-0.1, -0.05) is 11.6 Å². The first kappa shape index (κ1) is 17.9. The molecule has 3 aromatic heterocycles. The topological polar surface area (TPSA) is 72.7 Å². The Morgan fingerprint density at radius 2 is 1.92 bits per heavy atom. The van der Waals surface area contributed by atoms with Crippen LogP contribution >= 0.6 is 11.6 Å². The number of aryl methyl sites for hydroxylation is 1. The quantitative estimate of drug-likeness (QED) is 0.698. The van der Waals surface area contributed by atoms with Crippen molar-refractivity contribution in [2.24, 2.45) is 0 Å². The number of anilines is 1. The Kier molecular flexibility index (Phi) is 4.64. The molecule has 0 aliphatic rings. The number of halogens is 4.